The van der Waals surface area contributed by atoms with Gasteiger partial charge in [-0.05, 0) is 37.5 Å². The van der Waals surface area contributed by atoms with Crippen molar-refractivity contribution in [3.05, 3.63) is 28.8 Å². The number of rotatable bonds is 7. The minimum absolute atomic E-state index is 0.0128. The molecular formula is C12H15ClF3NO3S. The molecule has 0 heterocycles. The Hall–Kier alpha value is -0.830. The van der Waals surface area contributed by atoms with Gasteiger partial charge in [-0.2, -0.15) is 13.2 Å². The predicted octanol–water partition coefficient (Wildman–Crippen LogP) is 2.80. The third-order valence-electron chi connectivity index (χ3n) is 2.68. The molecule has 0 fully saturated rings. The maximum atomic E-state index is 12.7. The molecular weight excluding hydrogens is 331 g/mol. The first-order valence-electron chi connectivity index (χ1n) is 6.16. The minimum Gasteiger partial charge on any atom is -0.396 e. The summed E-state index contributed by atoms with van der Waals surface area (Å²) in [7, 11) is -4.02. The number of sulfonamides is 1. The smallest absolute Gasteiger partial charge is 0.396 e. The third-order valence-corrected chi connectivity index (χ3v) is 4.47. The Bertz CT molecular complexity index is 576. The van der Waals surface area contributed by atoms with E-state index in [2.05, 4.69) is 4.72 Å². The van der Waals surface area contributed by atoms with Crippen LogP contribution in [0, 0.1) is 0 Å². The van der Waals surface area contributed by atoms with Crippen molar-refractivity contribution in [2.45, 2.75) is 30.3 Å². The molecule has 0 saturated carbocycles. The van der Waals surface area contributed by atoms with Gasteiger partial charge in [0, 0.05) is 13.2 Å². The summed E-state index contributed by atoms with van der Waals surface area (Å²) in [6, 6.07) is 2.44. The molecule has 0 bridgehead atoms. The van der Waals surface area contributed by atoms with Crippen molar-refractivity contribution in [1.82, 2.24) is 4.72 Å². The molecule has 0 radical (unpaired) electrons. The molecule has 0 aliphatic heterocycles. The van der Waals surface area contributed by atoms with Crippen molar-refractivity contribution in [2.75, 3.05) is 13.2 Å². The molecule has 4 nitrogen and oxygen atoms in total. The molecule has 1 rings (SSSR count). The van der Waals surface area contributed by atoms with Crippen molar-refractivity contribution >= 4 is 21.6 Å². The fourth-order valence-electron chi connectivity index (χ4n) is 1.59. The van der Waals surface area contributed by atoms with E-state index in [1.54, 1.807) is 0 Å². The number of benzene rings is 1. The summed E-state index contributed by atoms with van der Waals surface area (Å²) in [4.78, 5) is -0.485. The first-order valence-corrected chi connectivity index (χ1v) is 8.02. The molecule has 120 valence electrons. The van der Waals surface area contributed by atoms with Crippen LogP contribution in [0.15, 0.2) is 23.1 Å². The Balaban J connectivity index is 2.84. The first kappa shape index (κ1) is 18.2. The van der Waals surface area contributed by atoms with Crippen LogP contribution in [0.2, 0.25) is 5.02 Å². The van der Waals surface area contributed by atoms with E-state index in [1.165, 1.54) is 0 Å². The number of unbranched alkanes of at least 4 members (excludes halogenated alkanes) is 2. The molecule has 0 atom stereocenters. The van der Waals surface area contributed by atoms with Gasteiger partial charge in [0.1, 0.15) is 0 Å². The molecule has 0 unspecified atom stereocenters. The van der Waals surface area contributed by atoms with E-state index in [0.29, 0.717) is 25.3 Å². The van der Waals surface area contributed by atoms with Gasteiger partial charge in [0.05, 0.1) is 15.5 Å². The number of halogens is 4. The van der Waals surface area contributed by atoms with Crippen LogP contribution in [-0.2, 0) is 16.2 Å². The largest absolute Gasteiger partial charge is 0.417 e. The zero-order chi connectivity index (χ0) is 16.1. The van der Waals surface area contributed by atoms with Crippen molar-refractivity contribution in [1.29, 1.82) is 0 Å². The molecule has 0 spiro atoms. The van der Waals surface area contributed by atoms with Crippen LogP contribution in [0.25, 0.3) is 0 Å². The van der Waals surface area contributed by atoms with E-state index in [0.717, 1.165) is 12.1 Å². The lowest BCUT2D eigenvalue weighted by Crippen LogP contribution is -2.25. The van der Waals surface area contributed by atoms with Gasteiger partial charge in [-0.25, -0.2) is 13.1 Å². The van der Waals surface area contributed by atoms with Crippen LogP contribution < -0.4 is 4.72 Å². The van der Waals surface area contributed by atoms with Crippen molar-refractivity contribution in [3.8, 4) is 0 Å². The summed E-state index contributed by atoms with van der Waals surface area (Å²) >= 11 is 5.43. The number of aliphatic hydroxyl groups excluding tert-OH is 1. The highest BCUT2D eigenvalue weighted by Crippen LogP contribution is 2.35. The summed E-state index contributed by atoms with van der Waals surface area (Å²) in [5.41, 5.74) is -1.19. The van der Waals surface area contributed by atoms with E-state index in [1.807, 2.05) is 0 Å². The Morgan fingerprint density at radius 2 is 1.86 bits per heavy atom. The molecule has 2 N–H and O–H groups in total. The van der Waals surface area contributed by atoms with E-state index in [4.69, 9.17) is 16.7 Å². The number of hydrogen-bond acceptors (Lipinski definition) is 3. The quantitative estimate of drug-likeness (QED) is 0.747. The van der Waals surface area contributed by atoms with Crippen LogP contribution in [0.3, 0.4) is 0 Å². The fourth-order valence-corrected chi connectivity index (χ4v) is 2.92. The average Bonchev–Trinajstić information content (AvgIpc) is 2.37. The molecule has 0 saturated heterocycles. The normalized spacial score (nSPS) is 12.6. The van der Waals surface area contributed by atoms with Gasteiger partial charge in [-0.1, -0.05) is 11.6 Å². The molecule has 0 aromatic heterocycles. The van der Waals surface area contributed by atoms with Crippen LogP contribution in [0.4, 0.5) is 13.2 Å². The topological polar surface area (TPSA) is 66.4 Å². The summed E-state index contributed by atoms with van der Waals surface area (Å²) in [5.74, 6) is 0. The zero-order valence-corrected chi connectivity index (χ0v) is 12.5. The van der Waals surface area contributed by atoms with E-state index < -0.39 is 31.7 Å². The van der Waals surface area contributed by atoms with Gasteiger partial charge in [-0.15, -0.1) is 0 Å². The van der Waals surface area contributed by atoms with Crippen LogP contribution in [0.5, 0.6) is 0 Å². The second-order valence-electron chi connectivity index (χ2n) is 4.32. The lowest BCUT2D eigenvalue weighted by Gasteiger charge is -2.12. The lowest BCUT2D eigenvalue weighted by molar-refractivity contribution is -0.137. The Kier molecular flexibility index (Phi) is 6.45. The van der Waals surface area contributed by atoms with Crippen molar-refractivity contribution in [3.63, 3.8) is 0 Å². The molecule has 0 aliphatic carbocycles. The monoisotopic (exact) mass is 345 g/mol. The highest BCUT2D eigenvalue weighted by atomic mass is 35.5. The standard InChI is InChI=1S/C12H15ClF3NO3S/c13-11-5-4-9(8-10(11)12(14,15)16)21(19,20)17-6-2-1-3-7-18/h4-5,8,17-18H,1-3,6-7H2. The molecule has 9 heteroatoms. The van der Waals surface area contributed by atoms with Crippen molar-refractivity contribution < 1.29 is 26.7 Å². The Morgan fingerprint density at radius 3 is 2.43 bits per heavy atom. The molecule has 1 aromatic carbocycles. The fraction of sp³-hybridized carbons (Fsp3) is 0.500. The minimum atomic E-state index is -4.72. The maximum absolute atomic E-state index is 12.7. The number of nitrogens with one attached hydrogen (secondary N) is 1. The van der Waals surface area contributed by atoms with E-state index in [9.17, 15) is 21.6 Å². The summed E-state index contributed by atoms with van der Waals surface area (Å²) in [5, 5.41) is 8.03. The number of hydrogen-bond donors (Lipinski definition) is 2. The molecule has 0 amide bonds. The van der Waals surface area contributed by atoms with Gasteiger partial charge in [-0.3, -0.25) is 0 Å². The summed E-state index contributed by atoms with van der Waals surface area (Å²) in [6.45, 7) is 0.102. The third kappa shape index (κ3) is 5.46. The number of alkyl halides is 3. The van der Waals surface area contributed by atoms with Gasteiger partial charge in [0.25, 0.3) is 0 Å². The summed E-state index contributed by atoms with van der Waals surface area (Å²) < 4.78 is 64.0. The van der Waals surface area contributed by atoms with Gasteiger partial charge in [0.2, 0.25) is 10.0 Å². The molecule has 1 aromatic rings. The maximum Gasteiger partial charge on any atom is 0.417 e. The number of aliphatic hydroxyl groups is 1. The van der Waals surface area contributed by atoms with Gasteiger partial charge in [0.15, 0.2) is 0 Å². The Labute approximate surface area is 126 Å². The first-order chi connectivity index (χ1) is 9.68. The van der Waals surface area contributed by atoms with Crippen LogP contribution in [-0.4, -0.2) is 26.7 Å². The van der Waals surface area contributed by atoms with Crippen LogP contribution in [0.1, 0.15) is 24.8 Å². The average molecular weight is 346 g/mol. The van der Waals surface area contributed by atoms with Gasteiger partial charge >= 0.3 is 6.18 Å². The highest BCUT2D eigenvalue weighted by Gasteiger charge is 2.34. The Morgan fingerprint density at radius 1 is 1.19 bits per heavy atom. The summed E-state index contributed by atoms with van der Waals surface area (Å²) in [6.07, 6.45) is -3.07. The predicted molar refractivity (Wildman–Crippen MR) is 72.6 cm³/mol. The second-order valence-corrected chi connectivity index (χ2v) is 6.50. The molecule has 21 heavy (non-hydrogen) atoms. The van der Waals surface area contributed by atoms with Crippen LogP contribution >= 0.6 is 11.6 Å². The second kappa shape index (κ2) is 7.44. The van der Waals surface area contributed by atoms with E-state index >= 15 is 0 Å². The highest BCUT2D eigenvalue weighted by molar-refractivity contribution is 7.89. The lowest BCUT2D eigenvalue weighted by atomic mass is 10.2. The molecule has 0 aliphatic rings. The van der Waals surface area contributed by atoms with Crippen molar-refractivity contribution in [2.24, 2.45) is 0 Å². The zero-order valence-electron chi connectivity index (χ0n) is 11.0. The van der Waals surface area contributed by atoms with E-state index in [-0.39, 0.29) is 13.2 Å². The SMILES string of the molecule is O=S(=O)(NCCCCCO)c1ccc(Cl)c(C(F)(F)F)c1. The van der Waals surface area contributed by atoms with Gasteiger partial charge < -0.3 is 5.11 Å².